The van der Waals surface area contributed by atoms with Crippen LogP contribution in [-0.4, -0.2) is 29.0 Å². The Morgan fingerprint density at radius 2 is 2.00 bits per heavy atom. The molecule has 0 aromatic heterocycles. The molecule has 1 amide bonds. The van der Waals surface area contributed by atoms with Gasteiger partial charge in [-0.3, -0.25) is 4.79 Å². The van der Waals surface area contributed by atoms with Crippen LogP contribution in [-0.2, 0) is 10.4 Å². The molecule has 1 aromatic rings. The lowest BCUT2D eigenvalue weighted by Gasteiger charge is -2.32. The molecule has 0 bridgehead atoms. The zero-order chi connectivity index (χ0) is 13.2. The fourth-order valence-corrected chi connectivity index (χ4v) is 2.87. The molecule has 1 aliphatic heterocycles. The second-order valence-corrected chi connectivity index (χ2v) is 4.90. The van der Waals surface area contributed by atoms with Crippen molar-refractivity contribution in [2.24, 2.45) is 5.92 Å². The van der Waals surface area contributed by atoms with Gasteiger partial charge < -0.3 is 10.0 Å². The molecule has 3 heteroatoms. The molecule has 1 saturated heterocycles. The van der Waals surface area contributed by atoms with Crippen LogP contribution in [0.1, 0.15) is 32.3 Å². The fraction of sp³-hybridized carbons (Fsp3) is 0.533. The molecule has 18 heavy (non-hydrogen) atoms. The molecule has 0 radical (unpaired) electrons. The molecule has 2 rings (SSSR count). The minimum Gasteiger partial charge on any atom is -0.384 e. The van der Waals surface area contributed by atoms with E-state index in [1.165, 1.54) is 0 Å². The Labute approximate surface area is 108 Å². The summed E-state index contributed by atoms with van der Waals surface area (Å²) >= 11 is 0. The lowest BCUT2D eigenvalue weighted by Crippen LogP contribution is -2.40. The lowest BCUT2D eigenvalue weighted by molar-refractivity contribution is -0.139. The molecule has 1 N–H and O–H groups in total. The summed E-state index contributed by atoms with van der Waals surface area (Å²) in [5.41, 5.74) is -0.175. The number of amides is 1. The van der Waals surface area contributed by atoms with Crippen molar-refractivity contribution in [3.63, 3.8) is 0 Å². The number of aliphatic hydroxyl groups is 1. The van der Waals surface area contributed by atoms with Gasteiger partial charge in [-0.05, 0) is 25.3 Å². The highest BCUT2D eigenvalue weighted by molar-refractivity contribution is 5.82. The van der Waals surface area contributed by atoms with Crippen molar-refractivity contribution >= 4 is 5.91 Å². The summed E-state index contributed by atoms with van der Waals surface area (Å²) in [6.07, 6.45) is 1.30. The van der Waals surface area contributed by atoms with Gasteiger partial charge >= 0.3 is 0 Å². The van der Waals surface area contributed by atoms with Crippen LogP contribution in [0.15, 0.2) is 30.3 Å². The standard InChI is InChI=1S/C15H21NO2/c1-3-15(18,12-8-6-5-7-9-12)13-10-11-16(4-2)14(13)17/h5-9,13,18H,3-4,10-11H2,1-2H3. The number of rotatable bonds is 4. The van der Waals surface area contributed by atoms with Crippen LogP contribution in [0.4, 0.5) is 0 Å². The highest BCUT2D eigenvalue weighted by Crippen LogP contribution is 2.39. The Morgan fingerprint density at radius 3 is 2.50 bits per heavy atom. The number of hydrogen-bond acceptors (Lipinski definition) is 2. The summed E-state index contributed by atoms with van der Waals surface area (Å²) in [6, 6.07) is 9.56. The van der Waals surface area contributed by atoms with Gasteiger partial charge in [0.25, 0.3) is 0 Å². The predicted octanol–water partition coefficient (Wildman–Crippen LogP) is 2.15. The summed E-state index contributed by atoms with van der Waals surface area (Å²) < 4.78 is 0. The lowest BCUT2D eigenvalue weighted by atomic mass is 9.78. The van der Waals surface area contributed by atoms with Crippen LogP contribution >= 0.6 is 0 Å². The van der Waals surface area contributed by atoms with Gasteiger partial charge in [-0.15, -0.1) is 0 Å². The third kappa shape index (κ3) is 2.03. The number of carbonyl (C=O) groups is 1. The minimum absolute atomic E-state index is 0.0886. The molecule has 1 aliphatic rings. The molecule has 0 spiro atoms. The molecule has 2 atom stereocenters. The van der Waals surface area contributed by atoms with Gasteiger partial charge in [0.15, 0.2) is 0 Å². The molecule has 3 nitrogen and oxygen atoms in total. The average Bonchev–Trinajstić information content (AvgIpc) is 2.80. The third-order valence-electron chi connectivity index (χ3n) is 4.07. The van der Waals surface area contributed by atoms with Crippen molar-refractivity contribution in [1.82, 2.24) is 4.90 Å². The van der Waals surface area contributed by atoms with E-state index >= 15 is 0 Å². The van der Waals surface area contributed by atoms with E-state index in [1.54, 1.807) is 0 Å². The first-order chi connectivity index (χ1) is 8.63. The summed E-state index contributed by atoms with van der Waals surface area (Å²) in [4.78, 5) is 14.1. The quantitative estimate of drug-likeness (QED) is 0.885. The number of nitrogens with zero attached hydrogens (tertiary/aromatic N) is 1. The van der Waals surface area contributed by atoms with Crippen LogP contribution < -0.4 is 0 Å². The van der Waals surface area contributed by atoms with Gasteiger partial charge in [0.05, 0.1) is 5.92 Å². The summed E-state index contributed by atoms with van der Waals surface area (Å²) in [5, 5.41) is 10.9. The second-order valence-electron chi connectivity index (χ2n) is 4.90. The molecular weight excluding hydrogens is 226 g/mol. The van der Waals surface area contributed by atoms with Crippen molar-refractivity contribution in [2.75, 3.05) is 13.1 Å². The Morgan fingerprint density at radius 1 is 1.33 bits per heavy atom. The maximum absolute atomic E-state index is 12.3. The van der Waals surface area contributed by atoms with Crippen LogP contribution in [0.25, 0.3) is 0 Å². The van der Waals surface area contributed by atoms with E-state index in [2.05, 4.69) is 0 Å². The minimum atomic E-state index is -1.03. The van der Waals surface area contributed by atoms with E-state index < -0.39 is 5.60 Å². The maximum atomic E-state index is 12.3. The van der Waals surface area contributed by atoms with Gasteiger partial charge in [0.1, 0.15) is 5.60 Å². The molecule has 98 valence electrons. The van der Waals surface area contributed by atoms with E-state index in [9.17, 15) is 9.90 Å². The Hall–Kier alpha value is -1.35. The number of likely N-dealkylation sites (tertiary alicyclic amines) is 1. The van der Waals surface area contributed by atoms with Crippen LogP contribution in [0, 0.1) is 5.92 Å². The molecule has 1 aromatic carbocycles. The Bertz CT molecular complexity index is 418. The second kappa shape index (κ2) is 5.11. The van der Waals surface area contributed by atoms with E-state index in [4.69, 9.17) is 0 Å². The summed E-state index contributed by atoms with van der Waals surface area (Å²) in [5.74, 6) is -0.212. The van der Waals surface area contributed by atoms with Gasteiger partial charge in [-0.25, -0.2) is 0 Å². The summed E-state index contributed by atoms with van der Waals surface area (Å²) in [7, 11) is 0. The molecule has 1 fully saturated rings. The third-order valence-corrected chi connectivity index (χ3v) is 4.07. The summed E-state index contributed by atoms with van der Waals surface area (Å²) in [6.45, 7) is 5.40. The highest BCUT2D eigenvalue weighted by atomic mass is 16.3. The first kappa shape index (κ1) is 13.1. The van der Waals surface area contributed by atoms with E-state index in [0.29, 0.717) is 6.42 Å². The van der Waals surface area contributed by atoms with Crippen molar-refractivity contribution in [1.29, 1.82) is 0 Å². The molecule has 0 aliphatic carbocycles. The van der Waals surface area contributed by atoms with Gasteiger partial charge in [0, 0.05) is 13.1 Å². The monoisotopic (exact) mass is 247 g/mol. The fourth-order valence-electron chi connectivity index (χ4n) is 2.87. The molecular formula is C15H21NO2. The highest BCUT2D eigenvalue weighted by Gasteiger charge is 2.46. The topological polar surface area (TPSA) is 40.5 Å². The van der Waals surface area contributed by atoms with Crippen molar-refractivity contribution in [3.05, 3.63) is 35.9 Å². The average molecular weight is 247 g/mol. The SMILES string of the molecule is CCN1CCC(C(O)(CC)c2ccccc2)C1=O. The van der Waals surface area contributed by atoms with E-state index in [-0.39, 0.29) is 11.8 Å². The maximum Gasteiger partial charge on any atom is 0.229 e. The van der Waals surface area contributed by atoms with Crippen molar-refractivity contribution < 1.29 is 9.90 Å². The first-order valence-electron chi connectivity index (χ1n) is 6.70. The van der Waals surface area contributed by atoms with E-state index in [0.717, 1.165) is 25.1 Å². The largest absolute Gasteiger partial charge is 0.384 e. The Balaban J connectivity index is 2.32. The van der Waals surface area contributed by atoms with Crippen LogP contribution in [0.2, 0.25) is 0 Å². The number of benzene rings is 1. The first-order valence-corrected chi connectivity index (χ1v) is 6.70. The van der Waals surface area contributed by atoms with Crippen molar-refractivity contribution in [2.45, 2.75) is 32.3 Å². The van der Waals surface area contributed by atoms with Gasteiger partial charge in [-0.2, -0.15) is 0 Å². The van der Waals surface area contributed by atoms with Crippen LogP contribution in [0.5, 0.6) is 0 Å². The molecule has 1 heterocycles. The smallest absolute Gasteiger partial charge is 0.229 e. The zero-order valence-corrected chi connectivity index (χ0v) is 11.1. The van der Waals surface area contributed by atoms with Crippen LogP contribution in [0.3, 0.4) is 0 Å². The number of hydrogen-bond donors (Lipinski definition) is 1. The molecule has 2 unspecified atom stereocenters. The van der Waals surface area contributed by atoms with E-state index in [1.807, 2.05) is 49.1 Å². The Kier molecular flexibility index (Phi) is 3.71. The van der Waals surface area contributed by atoms with Gasteiger partial charge in [0.2, 0.25) is 5.91 Å². The number of carbonyl (C=O) groups excluding carboxylic acids is 1. The van der Waals surface area contributed by atoms with Gasteiger partial charge in [-0.1, -0.05) is 37.3 Å². The zero-order valence-electron chi connectivity index (χ0n) is 11.1. The normalized spacial score (nSPS) is 23.2. The predicted molar refractivity (Wildman–Crippen MR) is 71.0 cm³/mol. The van der Waals surface area contributed by atoms with Crippen molar-refractivity contribution in [3.8, 4) is 0 Å². The molecule has 0 saturated carbocycles.